The fourth-order valence-corrected chi connectivity index (χ4v) is 18.0. The molecule has 13 heteroatoms. The van der Waals surface area contributed by atoms with Crippen LogP contribution < -0.4 is 49.0 Å². The van der Waals surface area contributed by atoms with E-state index in [-0.39, 0.29) is 0 Å². The van der Waals surface area contributed by atoms with Crippen molar-refractivity contribution < 1.29 is 51.7 Å². The van der Waals surface area contributed by atoms with E-state index in [0.717, 1.165) is 22.3 Å². The minimum atomic E-state index is -2.72. The Morgan fingerprint density at radius 1 is 0.291 bits per heavy atom. The third-order valence-corrected chi connectivity index (χ3v) is 21.8. The van der Waals surface area contributed by atoms with Gasteiger partial charge in [-0.1, -0.05) is 0 Å². The van der Waals surface area contributed by atoms with Gasteiger partial charge in [-0.25, -0.2) is 0 Å². The summed E-state index contributed by atoms with van der Waals surface area (Å²) in [6.07, 6.45) is 1.76. The van der Waals surface area contributed by atoms with Crippen LogP contribution in [0.3, 0.4) is 0 Å². The van der Waals surface area contributed by atoms with Gasteiger partial charge < -0.3 is 0 Å². The molecular weight excluding hydrogens is 1420 g/mol. The zero-order chi connectivity index (χ0) is 67.3. The van der Waals surface area contributed by atoms with Crippen LogP contribution >= 0.6 is 0 Å². The van der Waals surface area contributed by atoms with Crippen LogP contribution in [0.15, 0.2) is 237 Å². The van der Waals surface area contributed by atoms with Gasteiger partial charge in [0.15, 0.2) is 0 Å². The van der Waals surface area contributed by atoms with Crippen LogP contribution in [-0.4, -0.2) is 49.5 Å². The zero-order valence-electron chi connectivity index (χ0n) is 57.1. The molecule has 422 valence electrons. The molecule has 0 amide bonds. The first-order valence-electron chi connectivity index (χ1n) is 33.5. The summed E-state index contributed by atoms with van der Waals surface area (Å²) in [4.78, 5) is 22.5. The molecular formula is C73H51N11Pt2-4. The van der Waals surface area contributed by atoms with Gasteiger partial charge in [-0.3, -0.25) is 0 Å². The Labute approximate surface area is 532 Å². The molecule has 86 heavy (non-hydrogen) atoms. The first-order chi connectivity index (χ1) is 47.2. The quantitative estimate of drug-likeness (QED) is 0.158. The molecule has 0 fully saturated rings. The first kappa shape index (κ1) is 39.7. The van der Waals surface area contributed by atoms with Crippen LogP contribution in [0.25, 0.3) is 22.3 Å². The Morgan fingerprint density at radius 3 is 0.977 bits per heavy atom. The molecule has 0 radical (unpaired) electrons. The molecule has 17 rings (SSSR count). The van der Waals surface area contributed by atoms with Gasteiger partial charge in [0.2, 0.25) is 0 Å². The fourth-order valence-electron chi connectivity index (χ4n) is 11.8. The summed E-state index contributed by atoms with van der Waals surface area (Å²) >= 11 is -3.55. The average Bonchev–Trinajstić information content (AvgIpc) is 1.55. The molecule has 0 unspecified atom stereocenters. The van der Waals surface area contributed by atoms with Crippen LogP contribution in [0.1, 0.15) is 16.4 Å². The number of anilines is 18. The van der Waals surface area contributed by atoms with Crippen molar-refractivity contribution in [3.8, 4) is 22.3 Å². The van der Waals surface area contributed by atoms with Crippen molar-refractivity contribution in [2.24, 2.45) is 0 Å². The zero-order valence-corrected chi connectivity index (χ0v) is 49.6. The van der Waals surface area contributed by atoms with E-state index in [1.54, 1.807) is 54.7 Å². The van der Waals surface area contributed by atoms with Gasteiger partial charge in [-0.2, -0.15) is 0 Å². The van der Waals surface area contributed by atoms with Crippen LogP contribution in [0.4, 0.5) is 103 Å². The Bertz CT molecular complexity index is 4920. The Balaban J connectivity index is 0.915. The molecule has 0 spiro atoms. The molecule has 8 bridgehead atoms. The van der Waals surface area contributed by atoms with Crippen LogP contribution in [0.2, 0.25) is 0 Å². The maximum absolute atomic E-state index is 9.23. The molecule has 0 atom stereocenters. The number of hydrogen-bond acceptors (Lipinski definition) is 11. The number of hydrogen-bond donors (Lipinski definition) is 0. The summed E-state index contributed by atoms with van der Waals surface area (Å²) in [5, 5.41) is 0. The average molecular weight is 1480 g/mol. The standard InChI is InChI=1S/C73H51N11.2Pt/c1-75-48-79(69-33-15-11-29-65(69)75)56-25-19-27-58(43-56)83(63-41-54(52-21-7-5-8-22-52)39-61(45-63)81-50-77(3)67-31-13-17-35-71(67)81)60-37-38-73(74-47-60)84(59-28-20-26-57(44-59)80-49-76(2)66-30-12-16-34-70(66)80)64-42-55(53-23-9-6-10-24-53)40-62(46-64)82-51-78(4)68-32-14-18-36-72(68)82;;/h5-42,47H,1-4H3;;/q-4;;/i1D3,2D3,3D3,4D3;;. The summed E-state index contributed by atoms with van der Waals surface area (Å²) < 4.78 is 112. The predicted octanol–water partition coefficient (Wildman–Crippen LogP) is 15.4. The molecule has 10 aromatic carbocycles. The molecule has 0 aliphatic carbocycles. The van der Waals surface area contributed by atoms with Crippen molar-refractivity contribution in [2.45, 2.75) is 0 Å². The molecule has 0 saturated heterocycles. The fraction of sp³-hybridized carbons (Fsp3) is 0.0548. The number of pyridine rings is 1. The van der Waals surface area contributed by atoms with Crippen molar-refractivity contribution in [1.29, 1.82) is 0 Å². The number of rotatable bonds is 4. The van der Waals surface area contributed by atoms with Crippen molar-refractivity contribution in [2.75, 3.05) is 76.9 Å². The first-order valence-corrected chi connectivity index (χ1v) is 32.0. The van der Waals surface area contributed by atoms with Gasteiger partial charge in [0, 0.05) is 0 Å². The van der Waals surface area contributed by atoms with Gasteiger partial charge in [0.25, 0.3) is 0 Å². The maximum atomic E-state index is 9.23. The summed E-state index contributed by atoms with van der Waals surface area (Å²) in [6.45, 7) is -10.9. The molecule has 1 aromatic heterocycles. The number of para-hydroxylation sites is 8. The summed E-state index contributed by atoms with van der Waals surface area (Å²) in [5.74, 6) is 0.415. The third kappa shape index (κ3) is 7.91. The molecule has 6 aliphatic heterocycles. The summed E-state index contributed by atoms with van der Waals surface area (Å²) in [7, 11) is 0. The number of benzene rings is 10. The predicted molar refractivity (Wildman–Crippen MR) is 348 cm³/mol. The van der Waals surface area contributed by atoms with Crippen molar-refractivity contribution >= 4 is 119 Å². The number of aromatic nitrogens is 1. The Kier molecular flexibility index (Phi) is 9.19. The van der Waals surface area contributed by atoms with Crippen LogP contribution in [0, 0.1) is 24.3 Å². The van der Waals surface area contributed by atoms with Gasteiger partial charge in [-0.15, -0.1) is 0 Å². The second kappa shape index (κ2) is 19.9. The molecule has 6 aliphatic rings. The number of nitrogens with zero attached hydrogens (tertiary/aromatic N) is 11. The van der Waals surface area contributed by atoms with Gasteiger partial charge >= 0.3 is 536 Å². The van der Waals surface area contributed by atoms with Gasteiger partial charge in [0.1, 0.15) is 0 Å². The Hall–Kier alpha value is -9.79. The monoisotopic (exact) mass is 1480 g/mol. The molecule has 11 nitrogen and oxygen atoms in total. The summed E-state index contributed by atoms with van der Waals surface area (Å²) in [5.41, 5.74) is 12.0. The van der Waals surface area contributed by atoms with E-state index in [4.69, 9.17) is 4.98 Å². The Morgan fingerprint density at radius 2 is 0.605 bits per heavy atom. The minimum absolute atomic E-state index is 0.381. The van der Waals surface area contributed by atoms with Crippen LogP contribution in [0.5, 0.6) is 0 Å². The van der Waals surface area contributed by atoms with Crippen molar-refractivity contribution in [1.82, 2.24) is 4.98 Å². The topological polar surface area (TPSA) is 45.3 Å². The third-order valence-electron chi connectivity index (χ3n) is 15.7. The van der Waals surface area contributed by atoms with Crippen molar-refractivity contribution in [3.63, 3.8) is 0 Å². The molecule has 7 heterocycles. The molecule has 0 N–H and O–H groups in total. The summed E-state index contributed by atoms with van der Waals surface area (Å²) in [6, 6.07) is 87.3. The second-order valence-electron chi connectivity index (χ2n) is 20.7. The van der Waals surface area contributed by atoms with E-state index in [0.29, 0.717) is 119 Å². The van der Waals surface area contributed by atoms with E-state index < -0.39 is 63.2 Å². The van der Waals surface area contributed by atoms with E-state index in [2.05, 4.69) is 24.3 Å². The van der Waals surface area contributed by atoms with Gasteiger partial charge in [0.05, 0.1) is 0 Å². The van der Waals surface area contributed by atoms with E-state index >= 15 is 0 Å². The normalized spacial score (nSPS) is 18.1. The molecule has 11 aromatic rings. The van der Waals surface area contributed by atoms with Crippen LogP contribution in [-0.2, 0) is 35.3 Å². The van der Waals surface area contributed by atoms with Gasteiger partial charge in [-0.05, 0) is 0 Å². The van der Waals surface area contributed by atoms with E-state index in [9.17, 15) is 16.4 Å². The van der Waals surface area contributed by atoms with E-state index in [1.807, 2.05) is 211 Å². The number of fused-ring (bicyclic) bond motifs is 24. The second-order valence-corrected chi connectivity index (χ2v) is 25.9. The SMILES string of the molecule is [2H]C([2H])([2H])N1[C]2=[Pt]=[C]3N(c4[c-]c(cc(-c5ccccc5)c4)N(c4ccc(N5c6[c-]c(ccc6)N6[C](=[Pt]=[C]7N(c8[c-]c5cc(-c5ccccc5)c8)c5ccccc5N7C([2H])([2H])[2H])N(C([2H])([2H])[2H])c5ccccc56)nc4)c4[c-]c(ccc4)N2c2ccccc21)c1ccccc1N3C([2H])([2H])[2H]. The van der Waals surface area contributed by atoms with E-state index in [1.165, 1.54) is 19.6 Å². The van der Waals surface area contributed by atoms with Crippen molar-refractivity contribution in [3.05, 3.63) is 261 Å². The molecule has 0 saturated carbocycles.